The van der Waals surface area contributed by atoms with Gasteiger partial charge in [-0.25, -0.2) is 4.98 Å². The van der Waals surface area contributed by atoms with Gasteiger partial charge in [0.1, 0.15) is 5.69 Å². The van der Waals surface area contributed by atoms with Crippen LogP contribution in [0.1, 0.15) is 23.3 Å². The van der Waals surface area contributed by atoms with Crippen molar-refractivity contribution in [2.45, 2.75) is 12.8 Å². The third kappa shape index (κ3) is 1.65. The molecule has 1 aromatic rings. The first-order valence-corrected chi connectivity index (χ1v) is 4.51. The summed E-state index contributed by atoms with van der Waals surface area (Å²) in [6, 6.07) is 1.56. The number of hydrogen-bond acceptors (Lipinski definition) is 3. The molecular formula is C9H9ClN2O. The normalized spacial score (nSPS) is 15.8. The number of aromatic nitrogens is 1. The summed E-state index contributed by atoms with van der Waals surface area (Å²) in [7, 11) is 0. The van der Waals surface area contributed by atoms with E-state index in [2.05, 4.69) is 4.98 Å². The molecule has 1 heterocycles. The van der Waals surface area contributed by atoms with Crippen LogP contribution in [0, 0.1) is 5.92 Å². The molecule has 13 heavy (non-hydrogen) atoms. The SMILES string of the molecule is Nc1cnc(C(=O)C2CC2)c(Cl)c1. The van der Waals surface area contributed by atoms with Crippen molar-refractivity contribution in [3.05, 3.63) is 23.0 Å². The molecule has 2 rings (SSSR count). The number of pyridine rings is 1. The first-order valence-electron chi connectivity index (χ1n) is 4.13. The van der Waals surface area contributed by atoms with Gasteiger partial charge in [0, 0.05) is 5.92 Å². The summed E-state index contributed by atoms with van der Waals surface area (Å²) < 4.78 is 0. The van der Waals surface area contributed by atoms with Crippen LogP contribution in [0.5, 0.6) is 0 Å². The molecule has 0 aromatic carbocycles. The molecule has 1 aromatic heterocycles. The smallest absolute Gasteiger partial charge is 0.185 e. The van der Waals surface area contributed by atoms with Crippen LogP contribution in [0.2, 0.25) is 5.02 Å². The van der Waals surface area contributed by atoms with Crippen molar-refractivity contribution >= 4 is 23.1 Å². The Kier molecular flexibility index (Phi) is 1.96. The Hall–Kier alpha value is -1.09. The number of rotatable bonds is 2. The van der Waals surface area contributed by atoms with Crippen LogP contribution in [-0.2, 0) is 0 Å². The summed E-state index contributed by atoms with van der Waals surface area (Å²) in [5, 5.41) is 0.358. The lowest BCUT2D eigenvalue weighted by Gasteiger charge is -2.01. The summed E-state index contributed by atoms with van der Waals surface area (Å²) in [5.41, 5.74) is 6.30. The monoisotopic (exact) mass is 196 g/mol. The van der Waals surface area contributed by atoms with Crippen molar-refractivity contribution in [3.8, 4) is 0 Å². The van der Waals surface area contributed by atoms with Crippen molar-refractivity contribution in [3.63, 3.8) is 0 Å². The fraction of sp³-hybridized carbons (Fsp3) is 0.333. The van der Waals surface area contributed by atoms with Crippen LogP contribution >= 0.6 is 11.6 Å². The minimum absolute atomic E-state index is 0.0463. The lowest BCUT2D eigenvalue weighted by molar-refractivity contribution is 0.0963. The number of nitrogens with zero attached hydrogens (tertiary/aromatic N) is 1. The van der Waals surface area contributed by atoms with Gasteiger partial charge in [0.15, 0.2) is 5.78 Å². The second-order valence-electron chi connectivity index (χ2n) is 3.24. The lowest BCUT2D eigenvalue weighted by atomic mass is 10.2. The second-order valence-corrected chi connectivity index (χ2v) is 3.64. The van der Waals surface area contributed by atoms with E-state index in [9.17, 15) is 4.79 Å². The van der Waals surface area contributed by atoms with E-state index in [-0.39, 0.29) is 11.7 Å². The molecule has 0 aliphatic heterocycles. The predicted molar refractivity (Wildman–Crippen MR) is 50.7 cm³/mol. The summed E-state index contributed by atoms with van der Waals surface area (Å²) in [6.45, 7) is 0. The number of ketones is 1. The molecule has 0 atom stereocenters. The molecule has 0 radical (unpaired) electrons. The Morgan fingerprint density at radius 1 is 1.62 bits per heavy atom. The third-order valence-corrected chi connectivity index (χ3v) is 2.33. The van der Waals surface area contributed by atoms with Gasteiger partial charge in [-0.15, -0.1) is 0 Å². The molecule has 4 heteroatoms. The first kappa shape index (κ1) is 8.51. The number of anilines is 1. The summed E-state index contributed by atoms with van der Waals surface area (Å²) in [6.07, 6.45) is 3.38. The van der Waals surface area contributed by atoms with Gasteiger partial charge >= 0.3 is 0 Å². The Morgan fingerprint density at radius 3 is 2.85 bits per heavy atom. The van der Waals surface area contributed by atoms with Crippen molar-refractivity contribution in [1.29, 1.82) is 0 Å². The van der Waals surface area contributed by atoms with E-state index in [0.717, 1.165) is 12.8 Å². The fourth-order valence-corrected chi connectivity index (χ4v) is 1.44. The number of carbonyl (C=O) groups is 1. The molecule has 1 fully saturated rings. The number of nitrogens with two attached hydrogens (primary N) is 1. The van der Waals surface area contributed by atoms with Gasteiger partial charge in [-0.3, -0.25) is 4.79 Å². The highest BCUT2D eigenvalue weighted by atomic mass is 35.5. The number of hydrogen-bond donors (Lipinski definition) is 1. The Balaban J connectivity index is 2.33. The number of Topliss-reactive ketones (excluding diaryl/α,β-unsaturated/α-hetero) is 1. The third-order valence-electron chi connectivity index (χ3n) is 2.04. The average Bonchev–Trinajstić information content (AvgIpc) is 2.85. The zero-order valence-corrected chi connectivity index (χ0v) is 7.71. The molecule has 0 unspecified atom stereocenters. The highest BCUT2D eigenvalue weighted by molar-refractivity contribution is 6.34. The lowest BCUT2D eigenvalue weighted by Crippen LogP contribution is -2.05. The van der Waals surface area contributed by atoms with E-state index in [1.165, 1.54) is 6.20 Å². The maximum absolute atomic E-state index is 11.6. The average molecular weight is 197 g/mol. The topological polar surface area (TPSA) is 56.0 Å². The van der Waals surface area contributed by atoms with Gasteiger partial charge in [-0.05, 0) is 18.9 Å². The first-order chi connectivity index (χ1) is 6.18. The Morgan fingerprint density at radius 2 is 2.31 bits per heavy atom. The van der Waals surface area contributed by atoms with E-state index >= 15 is 0 Å². The molecule has 0 saturated heterocycles. The number of nitrogen functional groups attached to an aromatic ring is 1. The predicted octanol–water partition coefficient (Wildman–Crippen LogP) is 1.91. The van der Waals surface area contributed by atoms with Crippen LogP contribution in [0.25, 0.3) is 0 Å². The largest absolute Gasteiger partial charge is 0.397 e. The number of carbonyl (C=O) groups excluding carboxylic acids is 1. The Bertz CT molecular complexity index is 361. The molecule has 0 amide bonds. The van der Waals surface area contributed by atoms with E-state index in [1.54, 1.807) is 6.07 Å². The van der Waals surface area contributed by atoms with Crippen molar-refractivity contribution in [1.82, 2.24) is 4.98 Å². The maximum atomic E-state index is 11.6. The summed E-state index contributed by atoms with van der Waals surface area (Å²) >= 11 is 5.83. The van der Waals surface area contributed by atoms with Gasteiger partial charge in [0.05, 0.1) is 16.9 Å². The van der Waals surface area contributed by atoms with E-state index < -0.39 is 0 Å². The van der Waals surface area contributed by atoms with Crippen LogP contribution in [-0.4, -0.2) is 10.8 Å². The fourth-order valence-electron chi connectivity index (χ4n) is 1.17. The van der Waals surface area contributed by atoms with Crippen molar-refractivity contribution in [2.24, 2.45) is 5.92 Å². The highest BCUT2D eigenvalue weighted by Crippen LogP contribution is 2.33. The summed E-state index contributed by atoms with van der Waals surface area (Å²) in [5.74, 6) is 0.193. The quantitative estimate of drug-likeness (QED) is 0.736. The standard InChI is InChI=1S/C9H9ClN2O/c10-7-3-6(11)4-12-8(7)9(13)5-1-2-5/h3-5H,1-2,11H2. The molecular weight excluding hydrogens is 188 g/mol. The zero-order valence-electron chi connectivity index (χ0n) is 6.96. The molecule has 1 aliphatic carbocycles. The van der Waals surface area contributed by atoms with Crippen molar-refractivity contribution in [2.75, 3.05) is 5.73 Å². The van der Waals surface area contributed by atoms with Crippen LogP contribution in [0.4, 0.5) is 5.69 Å². The van der Waals surface area contributed by atoms with Gasteiger partial charge in [0.2, 0.25) is 0 Å². The molecule has 1 saturated carbocycles. The minimum atomic E-state index is 0.0463. The minimum Gasteiger partial charge on any atom is -0.397 e. The van der Waals surface area contributed by atoms with Crippen molar-refractivity contribution < 1.29 is 4.79 Å². The van der Waals surface area contributed by atoms with Gasteiger partial charge in [-0.2, -0.15) is 0 Å². The summed E-state index contributed by atoms with van der Waals surface area (Å²) in [4.78, 5) is 15.5. The number of halogens is 1. The van der Waals surface area contributed by atoms with Gasteiger partial charge < -0.3 is 5.73 Å². The molecule has 0 bridgehead atoms. The highest BCUT2D eigenvalue weighted by Gasteiger charge is 2.32. The maximum Gasteiger partial charge on any atom is 0.185 e. The zero-order chi connectivity index (χ0) is 9.42. The van der Waals surface area contributed by atoms with Gasteiger partial charge in [-0.1, -0.05) is 11.6 Å². The van der Waals surface area contributed by atoms with Crippen LogP contribution in [0.3, 0.4) is 0 Å². The van der Waals surface area contributed by atoms with Crippen LogP contribution < -0.4 is 5.73 Å². The van der Waals surface area contributed by atoms with Crippen LogP contribution in [0.15, 0.2) is 12.3 Å². The van der Waals surface area contributed by atoms with Gasteiger partial charge in [0.25, 0.3) is 0 Å². The Labute approximate surface area is 80.9 Å². The molecule has 3 nitrogen and oxygen atoms in total. The van der Waals surface area contributed by atoms with E-state index in [4.69, 9.17) is 17.3 Å². The molecule has 1 aliphatic rings. The molecule has 2 N–H and O–H groups in total. The molecule has 0 spiro atoms. The van der Waals surface area contributed by atoms with E-state index in [1.807, 2.05) is 0 Å². The molecule has 68 valence electrons. The van der Waals surface area contributed by atoms with E-state index in [0.29, 0.717) is 16.4 Å². The second kappa shape index (κ2) is 3.00.